The molecule has 0 unspecified atom stereocenters. The fourth-order valence-electron chi connectivity index (χ4n) is 0.959. The van der Waals surface area contributed by atoms with Gasteiger partial charge in [-0.25, -0.2) is 9.37 Å². The lowest BCUT2D eigenvalue weighted by Crippen LogP contribution is -2.09. The molecule has 0 amide bonds. The van der Waals surface area contributed by atoms with E-state index >= 15 is 0 Å². The molecule has 5 heteroatoms. The van der Waals surface area contributed by atoms with Gasteiger partial charge in [-0.2, -0.15) is 0 Å². The molecule has 0 aromatic carbocycles. The number of carbonyl (C=O) groups is 1. The number of nitrogens with zero attached hydrogens (tertiary/aromatic N) is 1. The number of hydrogen-bond acceptors (Lipinski definition) is 3. The van der Waals surface area contributed by atoms with Gasteiger partial charge in [-0.1, -0.05) is 11.6 Å². The van der Waals surface area contributed by atoms with Crippen molar-refractivity contribution in [2.24, 2.45) is 0 Å². The quantitative estimate of drug-likeness (QED) is 0.574. The minimum atomic E-state index is -0.543. The van der Waals surface area contributed by atoms with E-state index in [2.05, 4.69) is 9.72 Å². The maximum absolute atomic E-state index is 13.1. The Hall–Kier alpha value is -1.16. The molecule has 1 rings (SSSR count). The normalized spacial score (nSPS) is 9.93. The first-order chi connectivity index (χ1) is 6.65. The van der Waals surface area contributed by atoms with Gasteiger partial charge in [0.1, 0.15) is 11.0 Å². The Morgan fingerprint density at radius 2 is 2.43 bits per heavy atom. The van der Waals surface area contributed by atoms with Crippen LogP contribution in [0.2, 0.25) is 5.15 Å². The smallest absolute Gasteiger partial charge is 0.310 e. The van der Waals surface area contributed by atoms with Gasteiger partial charge in [0.15, 0.2) is 0 Å². The molecule has 76 valence electrons. The summed E-state index contributed by atoms with van der Waals surface area (Å²) in [6.07, 6.45) is 1.05. The number of hydrogen-bond donors (Lipinski definition) is 0. The van der Waals surface area contributed by atoms with E-state index in [0.29, 0.717) is 0 Å². The minimum absolute atomic E-state index is 0.00180. The summed E-state index contributed by atoms with van der Waals surface area (Å²) in [5.74, 6) is -1.06. The maximum atomic E-state index is 13.1. The van der Waals surface area contributed by atoms with Crippen molar-refractivity contribution < 1.29 is 13.9 Å². The Morgan fingerprint density at radius 3 is 3.00 bits per heavy atom. The van der Waals surface area contributed by atoms with E-state index in [1.54, 1.807) is 6.92 Å². The zero-order valence-corrected chi connectivity index (χ0v) is 8.34. The summed E-state index contributed by atoms with van der Waals surface area (Å²) < 4.78 is 17.8. The molecule has 0 aliphatic heterocycles. The number of esters is 1. The van der Waals surface area contributed by atoms with Crippen molar-refractivity contribution >= 4 is 17.6 Å². The second-order valence-electron chi connectivity index (χ2n) is 2.54. The summed E-state index contributed by atoms with van der Waals surface area (Å²) in [7, 11) is 0. The minimum Gasteiger partial charge on any atom is -0.466 e. The molecule has 14 heavy (non-hydrogen) atoms. The van der Waals surface area contributed by atoms with E-state index in [1.165, 1.54) is 6.20 Å². The Labute approximate surface area is 85.9 Å². The zero-order chi connectivity index (χ0) is 10.6. The molecular weight excluding hydrogens is 209 g/mol. The number of halogens is 2. The molecule has 1 aromatic rings. The van der Waals surface area contributed by atoms with Crippen LogP contribution in [0.1, 0.15) is 12.5 Å². The van der Waals surface area contributed by atoms with Gasteiger partial charge in [0.2, 0.25) is 0 Å². The Balaban J connectivity index is 2.80. The summed E-state index contributed by atoms with van der Waals surface area (Å²) in [5, 5.41) is -0.00180. The molecule has 1 aromatic heterocycles. The summed E-state index contributed by atoms with van der Waals surface area (Å²) in [6, 6.07) is 1.15. The largest absolute Gasteiger partial charge is 0.466 e. The number of pyridine rings is 1. The highest BCUT2D eigenvalue weighted by Gasteiger charge is 2.13. The van der Waals surface area contributed by atoms with E-state index < -0.39 is 11.8 Å². The van der Waals surface area contributed by atoms with Gasteiger partial charge in [0.05, 0.1) is 13.0 Å². The lowest BCUT2D eigenvalue weighted by atomic mass is 10.2. The molecule has 3 nitrogen and oxygen atoms in total. The van der Waals surface area contributed by atoms with Crippen LogP contribution < -0.4 is 0 Å². The zero-order valence-electron chi connectivity index (χ0n) is 7.59. The predicted molar refractivity (Wildman–Crippen MR) is 49.5 cm³/mol. The van der Waals surface area contributed by atoms with Crippen LogP contribution in [0.15, 0.2) is 12.3 Å². The summed E-state index contributed by atoms with van der Waals surface area (Å²) in [5.41, 5.74) is 0.0765. The molecule has 1 heterocycles. The van der Waals surface area contributed by atoms with Crippen LogP contribution in [0, 0.1) is 5.82 Å². The first kappa shape index (κ1) is 10.9. The molecule has 0 fully saturated rings. The summed E-state index contributed by atoms with van der Waals surface area (Å²) in [4.78, 5) is 14.7. The van der Waals surface area contributed by atoms with E-state index in [4.69, 9.17) is 11.6 Å². The van der Waals surface area contributed by atoms with Gasteiger partial charge in [0, 0.05) is 11.8 Å². The molecule has 0 aliphatic rings. The molecule has 0 saturated carbocycles. The van der Waals surface area contributed by atoms with Crippen molar-refractivity contribution in [1.29, 1.82) is 0 Å². The van der Waals surface area contributed by atoms with Crippen LogP contribution in [0.25, 0.3) is 0 Å². The second kappa shape index (κ2) is 4.91. The lowest BCUT2D eigenvalue weighted by molar-refractivity contribution is -0.142. The molecular formula is C9H9ClFNO2. The standard InChI is InChI=1S/C9H9ClFNO2/c1-2-14-8(13)5-6-7(11)3-4-12-9(6)10/h3-4H,2,5H2,1H3. The fraction of sp³-hybridized carbons (Fsp3) is 0.333. The summed E-state index contributed by atoms with van der Waals surface area (Å²) in [6.45, 7) is 1.94. The van der Waals surface area contributed by atoms with Gasteiger partial charge in [-0.15, -0.1) is 0 Å². The Kier molecular flexibility index (Phi) is 3.83. The molecule has 0 aliphatic carbocycles. The van der Waals surface area contributed by atoms with E-state index in [0.717, 1.165) is 6.07 Å². The van der Waals surface area contributed by atoms with Crippen molar-refractivity contribution in [3.8, 4) is 0 Å². The van der Waals surface area contributed by atoms with Crippen LogP contribution in [-0.4, -0.2) is 17.6 Å². The van der Waals surface area contributed by atoms with Crippen molar-refractivity contribution in [2.75, 3.05) is 6.61 Å². The highest BCUT2D eigenvalue weighted by molar-refractivity contribution is 6.30. The predicted octanol–water partition coefficient (Wildman–Crippen LogP) is 1.98. The topological polar surface area (TPSA) is 39.2 Å². The third-order valence-corrected chi connectivity index (χ3v) is 1.90. The van der Waals surface area contributed by atoms with Gasteiger partial charge in [-0.05, 0) is 13.0 Å². The number of ether oxygens (including phenoxy) is 1. The average Bonchev–Trinajstić information content (AvgIpc) is 2.12. The monoisotopic (exact) mass is 217 g/mol. The third-order valence-electron chi connectivity index (χ3n) is 1.57. The maximum Gasteiger partial charge on any atom is 0.310 e. The van der Waals surface area contributed by atoms with E-state index in [9.17, 15) is 9.18 Å². The second-order valence-corrected chi connectivity index (χ2v) is 2.90. The van der Waals surface area contributed by atoms with Crippen LogP contribution >= 0.6 is 11.6 Å². The lowest BCUT2D eigenvalue weighted by Gasteiger charge is -2.04. The van der Waals surface area contributed by atoms with Crippen LogP contribution in [0.5, 0.6) is 0 Å². The number of carbonyl (C=O) groups excluding carboxylic acids is 1. The molecule has 0 radical (unpaired) electrons. The molecule has 0 N–H and O–H groups in total. The van der Waals surface area contributed by atoms with Crippen LogP contribution in [-0.2, 0) is 16.0 Å². The van der Waals surface area contributed by atoms with Gasteiger partial charge in [0.25, 0.3) is 0 Å². The Bertz CT molecular complexity index is 323. The Morgan fingerprint density at radius 1 is 1.71 bits per heavy atom. The van der Waals surface area contributed by atoms with Gasteiger partial charge >= 0.3 is 5.97 Å². The molecule has 0 saturated heterocycles. The first-order valence-corrected chi connectivity index (χ1v) is 4.47. The highest BCUT2D eigenvalue weighted by atomic mass is 35.5. The highest BCUT2D eigenvalue weighted by Crippen LogP contribution is 2.16. The molecule has 0 bridgehead atoms. The number of aromatic nitrogens is 1. The number of rotatable bonds is 3. The third kappa shape index (κ3) is 2.67. The molecule has 0 atom stereocenters. The van der Waals surface area contributed by atoms with Gasteiger partial charge in [-0.3, -0.25) is 4.79 Å². The van der Waals surface area contributed by atoms with Crippen molar-refractivity contribution in [3.05, 3.63) is 28.8 Å². The van der Waals surface area contributed by atoms with Crippen molar-refractivity contribution in [1.82, 2.24) is 4.98 Å². The van der Waals surface area contributed by atoms with Crippen molar-refractivity contribution in [3.63, 3.8) is 0 Å². The van der Waals surface area contributed by atoms with Gasteiger partial charge < -0.3 is 4.74 Å². The van der Waals surface area contributed by atoms with Crippen molar-refractivity contribution in [2.45, 2.75) is 13.3 Å². The average molecular weight is 218 g/mol. The fourth-order valence-corrected chi connectivity index (χ4v) is 1.17. The molecule has 0 spiro atoms. The van der Waals surface area contributed by atoms with Crippen LogP contribution in [0.4, 0.5) is 4.39 Å². The first-order valence-electron chi connectivity index (χ1n) is 4.09. The van der Waals surface area contributed by atoms with Crippen LogP contribution in [0.3, 0.4) is 0 Å². The summed E-state index contributed by atoms with van der Waals surface area (Å²) >= 11 is 5.61. The van der Waals surface area contributed by atoms with E-state index in [1.807, 2.05) is 0 Å². The SMILES string of the molecule is CCOC(=O)Cc1c(F)ccnc1Cl. The van der Waals surface area contributed by atoms with E-state index in [-0.39, 0.29) is 23.7 Å².